The molecule has 6 nitrogen and oxygen atoms in total. The highest BCUT2D eigenvalue weighted by Gasteiger charge is 2.53. The van der Waals surface area contributed by atoms with Gasteiger partial charge < -0.3 is 28.3 Å². The summed E-state index contributed by atoms with van der Waals surface area (Å²) in [5.41, 5.74) is 0.601. The van der Waals surface area contributed by atoms with E-state index in [0.717, 1.165) is 32.5 Å². The SMILES string of the molecule is CCOCCOCC1(COCCOCC)CC=C(B2OC(C)(C)C(C)(C)O2)CC1. The first-order chi connectivity index (χ1) is 13.8. The highest BCUT2D eigenvalue weighted by atomic mass is 16.7. The van der Waals surface area contributed by atoms with Crippen LogP contribution >= 0.6 is 0 Å². The third-order valence-electron chi connectivity index (χ3n) is 6.27. The summed E-state index contributed by atoms with van der Waals surface area (Å²) < 4.78 is 35.2. The van der Waals surface area contributed by atoms with E-state index >= 15 is 0 Å². The normalized spacial score (nSPS) is 22.7. The summed E-state index contributed by atoms with van der Waals surface area (Å²) in [6.07, 6.45) is 5.10. The van der Waals surface area contributed by atoms with Gasteiger partial charge in [-0.3, -0.25) is 0 Å². The summed E-state index contributed by atoms with van der Waals surface area (Å²) in [5.74, 6) is 0. The van der Waals surface area contributed by atoms with Crippen molar-refractivity contribution in [2.24, 2.45) is 5.41 Å². The Hall–Kier alpha value is -0.435. The Balaban J connectivity index is 1.93. The molecule has 168 valence electrons. The van der Waals surface area contributed by atoms with Crippen LogP contribution in [0.1, 0.15) is 60.8 Å². The lowest BCUT2D eigenvalue weighted by molar-refractivity contribution is -0.0498. The molecule has 1 heterocycles. The van der Waals surface area contributed by atoms with Crippen molar-refractivity contribution < 1.29 is 28.3 Å². The monoisotopic (exact) mass is 412 g/mol. The van der Waals surface area contributed by atoms with Gasteiger partial charge in [0.15, 0.2) is 0 Å². The van der Waals surface area contributed by atoms with Crippen molar-refractivity contribution in [1.82, 2.24) is 0 Å². The maximum atomic E-state index is 6.24. The van der Waals surface area contributed by atoms with Crippen LogP contribution in [0.3, 0.4) is 0 Å². The molecule has 0 aromatic heterocycles. The fourth-order valence-corrected chi connectivity index (χ4v) is 3.58. The molecule has 1 aliphatic heterocycles. The first kappa shape index (κ1) is 24.8. The Morgan fingerprint density at radius 1 is 0.828 bits per heavy atom. The largest absolute Gasteiger partial charge is 0.490 e. The topological polar surface area (TPSA) is 55.4 Å². The maximum absolute atomic E-state index is 6.24. The molecule has 0 bridgehead atoms. The van der Waals surface area contributed by atoms with E-state index in [9.17, 15) is 0 Å². The van der Waals surface area contributed by atoms with Crippen molar-refractivity contribution in [3.05, 3.63) is 11.5 Å². The number of hydrogen-bond acceptors (Lipinski definition) is 6. The van der Waals surface area contributed by atoms with Crippen LogP contribution in [0.4, 0.5) is 0 Å². The summed E-state index contributed by atoms with van der Waals surface area (Å²) in [4.78, 5) is 0. The lowest BCUT2D eigenvalue weighted by atomic mass is 9.66. The van der Waals surface area contributed by atoms with Gasteiger partial charge in [-0.1, -0.05) is 6.08 Å². The standard InChI is InChI=1S/C22H41BO6/c1-7-24-13-15-26-17-22(18-27-16-14-25-8-2)11-9-19(10-12-22)23-28-20(3,4)21(5,6)29-23/h9H,7-8,10-18H2,1-6H3. The molecule has 2 aliphatic rings. The molecule has 0 radical (unpaired) electrons. The van der Waals surface area contributed by atoms with Crippen LogP contribution in [0.5, 0.6) is 0 Å². The van der Waals surface area contributed by atoms with Crippen molar-refractivity contribution >= 4 is 7.12 Å². The fraction of sp³-hybridized carbons (Fsp3) is 0.909. The molecule has 7 heteroatoms. The Bertz CT molecular complexity index is 489. The van der Waals surface area contributed by atoms with Crippen LogP contribution in [0, 0.1) is 5.41 Å². The van der Waals surface area contributed by atoms with E-state index in [2.05, 4.69) is 33.8 Å². The van der Waals surface area contributed by atoms with Gasteiger partial charge in [-0.05, 0) is 66.3 Å². The van der Waals surface area contributed by atoms with Gasteiger partial charge in [-0.2, -0.15) is 0 Å². The predicted molar refractivity (Wildman–Crippen MR) is 115 cm³/mol. The second-order valence-corrected chi connectivity index (χ2v) is 9.07. The number of rotatable bonds is 13. The second kappa shape index (κ2) is 11.3. The zero-order valence-electron chi connectivity index (χ0n) is 19.4. The minimum atomic E-state index is -0.308. The molecule has 0 spiro atoms. The van der Waals surface area contributed by atoms with Crippen molar-refractivity contribution in [3.63, 3.8) is 0 Å². The highest BCUT2D eigenvalue weighted by molar-refractivity contribution is 6.54. The quantitative estimate of drug-likeness (QED) is 0.339. The van der Waals surface area contributed by atoms with Gasteiger partial charge in [-0.25, -0.2) is 0 Å². The molecule has 0 aromatic carbocycles. The van der Waals surface area contributed by atoms with Crippen LogP contribution in [-0.2, 0) is 28.3 Å². The van der Waals surface area contributed by atoms with Crippen molar-refractivity contribution in [2.75, 3.05) is 52.9 Å². The highest BCUT2D eigenvalue weighted by Crippen LogP contribution is 2.43. The van der Waals surface area contributed by atoms with Crippen LogP contribution in [0.25, 0.3) is 0 Å². The number of ether oxygens (including phenoxy) is 4. The summed E-state index contributed by atoms with van der Waals surface area (Å²) in [6, 6.07) is 0. The van der Waals surface area contributed by atoms with E-state index in [1.807, 2.05) is 13.8 Å². The van der Waals surface area contributed by atoms with E-state index in [-0.39, 0.29) is 23.7 Å². The van der Waals surface area contributed by atoms with Crippen molar-refractivity contribution in [1.29, 1.82) is 0 Å². The molecule has 1 aliphatic carbocycles. The molecular weight excluding hydrogens is 371 g/mol. The molecular formula is C22H41BO6. The summed E-state index contributed by atoms with van der Waals surface area (Å²) in [7, 11) is -0.254. The Labute approximate surface area is 177 Å². The van der Waals surface area contributed by atoms with Crippen LogP contribution < -0.4 is 0 Å². The van der Waals surface area contributed by atoms with Gasteiger partial charge in [0.1, 0.15) is 0 Å². The molecule has 2 rings (SSSR count). The molecule has 0 aromatic rings. The molecule has 0 amide bonds. The Morgan fingerprint density at radius 3 is 1.72 bits per heavy atom. The molecule has 1 fully saturated rings. The van der Waals surface area contributed by atoms with Gasteiger partial charge in [0.05, 0.1) is 50.8 Å². The maximum Gasteiger partial charge on any atom is 0.490 e. The van der Waals surface area contributed by atoms with E-state index < -0.39 is 0 Å². The third-order valence-corrected chi connectivity index (χ3v) is 6.27. The average Bonchev–Trinajstić information content (AvgIpc) is 2.89. The minimum Gasteiger partial charge on any atom is -0.400 e. The molecule has 0 atom stereocenters. The lowest BCUT2D eigenvalue weighted by Gasteiger charge is -2.36. The van der Waals surface area contributed by atoms with E-state index in [4.69, 9.17) is 28.3 Å². The molecule has 0 N–H and O–H groups in total. The summed E-state index contributed by atoms with van der Waals surface area (Å²) in [6.45, 7) is 17.6. The van der Waals surface area contributed by atoms with E-state index in [0.29, 0.717) is 39.6 Å². The average molecular weight is 412 g/mol. The van der Waals surface area contributed by atoms with Crippen molar-refractivity contribution in [2.45, 2.75) is 72.0 Å². The van der Waals surface area contributed by atoms with Crippen molar-refractivity contribution in [3.8, 4) is 0 Å². The van der Waals surface area contributed by atoms with E-state index in [1.54, 1.807) is 0 Å². The van der Waals surface area contributed by atoms with Gasteiger partial charge >= 0.3 is 7.12 Å². The molecule has 1 saturated heterocycles. The van der Waals surface area contributed by atoms with Crippen LogP contribution in [0.2, 0.25) is 0 Å². The predicted octanol–water partition coefficient (Wildman–Crippen LogP) is 3.82. The first-order valence-corrected chi connectivity index (χ1v) is 11.1. The van der Waals surface area contributed by atoms with Gasteiger partial charge in [0.2, 0.25) is 0 Å². The van der Waals surface area contributed by atoms with Crippen LogP contribution in [-0.4, -0.2) is 71.2 Å². The molecule has 29 heavy (non-hydrogen) atoms. The Kier molecular flexibility index (Phi) is 9.64. The zero-order chi connectivity index (χ0) is 21.4. The molecule has 0 unspecified atom stereocenters. The number of hydrogen-bond donors (Lipinski definition) is 0. The smallest absolute Gasteiger partial charge is 0.400 e. The second-order valence-electron chi connectivity index (χ2n) is 9.07. The summed E-state index contributed by atoms with van der Waals surface area (Å²) >= 11 is 0. The minimum absolute atomic E-state index is 0.0223. The fourth-order valence-electron chi connectivity index (χ4n) is 3.58. The van der Waals surface area contributed by atoms with E-state index in [1.165, 1.54) is 5.47 Å². The van der Waals surface area contributed by atoms with Gasteiger partial charge in [0.25, 0.3) is 0 Å². The van der Waals surface area contributed by atoms with Gasteiger partial charge in [0, 0.05) is 18.6 Å². The summed E-state index contributed by atoms with van der Waals surface area (Å²) in [5, 5.41) is 0. The zero-order valence-corrected chi connectivity index (χ0v) is 19.4. The van der Waals surface area contributed by atoms with Gasteiger partial charge in [-0.15, -0.1) is 0 Å². The molecule has 0 saturated carbocycles. The third kappa shape index (κ3) is 7.05. The van der Waals surface area contributed by atoms with Crippen LogP contribution in [0.15, 0.2) is 11.5 Å². The Morgan fingerprint density at radius 2 is 1.31 bits per heavy atom. The number of allylic oxidation sites excluding steroid dienone is 2. The first-order valence-electron chi connectivity index (χ1n) is 11.1. The lowest BCUT2D eigenvalue weighted by Crippen LogP contribution is -2.41.